The SMILES string of the molecule is NC(=O)C12CC3CC(C1)C(CC(=O)C1(CCS(=O)(=O)c4cc(Cl)cc(Cl)c4)CC1)C(C3)C2. The second-order valence-corrected chi connectivity index (χ2v) is 13.8. The monoisotopic (exact) mass is 497 g/mol. The van der Waals surface area contributed by atoms with E-state index in [1.807, 2.05) is 0 Å². The first-order valence-electron chi connectivity index (χ1n) is 11.5. The number of nitrogens with two attached hydrogens (primary N) is 1. The molecule has 5 saturated carbocycles. The number of hydrogen-bond donors (Lipinski definition) is 1. The van der Waals surface area contributed by atoms with E-state index in [1.165, 1.54) is 18.2 Å². The van der Waals surface area contributed by atoms with Crippen LogP contribution in [0.3, 0.4) is 0 Å². The Hall–Kier alpha value is -1.11. The lowest BCUT2D eigenvalue weighted by Gasteiger charge is -2.59. The van der Waals surface area contributed by atoms with Gasteiger partial charge in [-0.25, -0.2) is 8.42 Å². The highest BCUT2D eigenvalue weighted by Gasteiger charge is 2.59. The van der Waals surface area contributed by atoms with Gasteiger partial charge in [-0.2, -0.15) is 0 Å². The van der Waals surface area contributed by atoms with Crippen molar-refractivity contribution in [3.05, 3.63) is 28.2 Å². The van der Waals surface area contributed by atoms with Gasteiger partial charge < -0.3 is 5.73 Å². The number of Topliss-reactive ketones (excluding diaryl/α,β-unsaturated/α-hetero) is 1. The van der Waals surface area contributed by atoms with Crippen LogP contribution in [0.2, 0.25) is 10.0 Å². The molecule has 5 fully saturated rings. The maximum Gasteiger partial charge on any atom is 0.223 e. The van der Waals surface area contributed by atoms with Gasteiger partial charge in [-0.05, 0) is 93.2 Å². The molecule has 0 spiro atoms. The lowest BCUT2D eigenvalue weighted by molar-refractivity contribution is -0.152. The molecule has 8 heteroatoms. The molecule has 174 valence electrons. The van der Waals surface area contributed by atoms with Crippen LogP contribution in [0.4, 0.5) is 0 Å². The maximum absolute atomic E-state index is 13.4. The lowest BCUT2D eigenvalue weighted by Crippen LogP contribution is -2.56. The number of amides is 1. The topological polar surface area (TPSA) is 94.3 Å². The van der Waals surface area contributed by atoms with Gasteiger partial charge >= 0.3 is 0 Å². The van der Waals surface area contributed by atoms with Crippen molar-refractivity contribution in [1.82, 2.24) is 0 Å². The Morgan fingerprint density at radius 1 is 1.00 bits per heavy atom. The number of benzene rings is 1. The summed E-state index contributed by atoms with van der Waals surface area (Å²) in [6.45, 7) is 0. The van der Waals surface area contributed by atoms with Gasteiger partial charge in [-0.1, -0.05) is 23.2 Å². The minimum atomic E-state index is -3.57. The van der Waals surface area contributed by atoms with Gasteiger partial charge in [-0.15, -0.1) is 0 Å². The van der Waals surface area contributed by atoms with Crippen LogP contribution in [0.25, 0.3) is 0 Å². The fourth-order valence-electron chi connectivity index (χ4n) is 7.17. The van der Waals surface area contributed by atoms with Crippen LogP contribution < -0.4 is 5.73 Å². The number of primary amides is 1. The summed E-state index contributed by atoms with van der Waals surface area (Å²) in [5.74, 6) is 1.63. The third-order valence-electron chi connectivity index (χ3n) is 8.90. The summed E-state index contributed by atoms with van der Waals surface area (Å²) < 4.78 is 25.7. The van der Waals surface area contributed by atoms with Gasteiger partial charge in [0.2, 0.25) is 5.91 Å². The first-order chi connectivity index (χ1) is 15.0. The smallest absolute Gasteiger partial charge is 0.223 e. The van der Waals surface area contributed by atoms with Crippen LogP contribution >= 0.6 is 23.2 Å². The number of sulfone groups is 1. The predicted octanol–water partition coefficient (Wildman–Crippen LogP) is 4.82. The third kappa shape index (κ3) is 3.90. The molecule has 0 radical (unpaired) electrons. The van der Waals surface area contributed by atoms with Crippen molar-refractivity contribution in [1.29, 1.82) is 0 Å². The average Bonchev–Trinajstić information content (AvgIpc) is 3.49. The van der Waals surface area contributed by atoms with Crippen LogP contribution in [-0.4, -0.2) is 25.9 Å². The maximum atomic E-state index is 13.4. The molecule has 5 aliphatic carbocycles. The largest absolute Gasteiger partial charge is 0.369 e. The van der Waals surface area contributed by atoms with Gasteiger partial charge in [0.05, 0.1) is 10.6 Å². The van der Waals surface area contributed by atoms with Crippen molar-refractivity contribution in [2.24, 2.45) is 40.2 Å². The first-order valence-corrected chi connectivity index (χ1v) is 13.9. The summed E-state index contributed by atoms with van der Waals surface area (Å²) in [4.78, 5) is 25.6. The minimum Gasteiger partial charge on any atom is -0.369 e. The minimum absolute atomic E-state index is 0.0835. The van der Waals surface area contributed by atoms with E-state index in [-0.39, 0.29) is 37.8 Å². The normalized spacial score (nSPS) is 34.4. The van der Waals surface area contributed by atoms with Crippen molar-refractivity contribution < 1.29 is 18.0 Å². The molecule has 5 aliphatic rings. The lowest BCUT2D eigenvalue weighted by atomic mass is 9.45. The number of hydrogen-bond acceptors (Lipinski definition) is 4. The van der Waals surface area contributed by atoms with Crippen molar-refractivity contribution in [2.45, 2.75) is 62.7 Å². The standard InChI is InChI=1S/C24H29Cl2NO4S/c25-17-7-18(26)9-19(8-17)32(30,31)4-3-23(1-2-23)21(28)10-20-15-5-14-6-16(20)13-24(11-14,12-15)22(27)29/h7-9,14-16,20H,1-6,10-13H2,(H2,27,29). The van der Waals surface area contributed by atoms with Crippen LogP contribution in [0.5, 0.6) is 0 Å². The molecule has 1 amide bonds. The van der Waals surface area contributed by atoms with E-state index in [9.17, 15) is 18.0 Å². The third-order valence-corrected chi connectivity index (χ3v) is 11.0. The highest BCUT2D eigenvalue weighted by atomic mass is 35.5. The molecular formula is C24H29Cl2NO4S. The van der Waals surface area contributed by atoms with Crippen LogP contribution in [0.15, 0.2) is 23.1 Å². The summed E-state index contributed by atoms with van der Waals surface area (Å²) in [6.07, 6.45) is 7.13. The summed E-state index contributed by atoms with van der Waals surface area (Å²) in [5, 5.41) is 0.563. The van der Waals surface area contributed by atoms with Crippen molar-refractivity contribution in [3.8, 4) is 0 Å². The zero-order valence-electron chi connectivity index (χ0n) is 18.0. The predicted molar refractivity (Wildman–Crippen MR) is 123 cm³/mol. The Balaban J connectivity index is 1.25. The Labute approximate surface area is 199 Å². The van der Waals surface area contributed by atoms with Crippen molar-refractivity contribution in [3.63, 3.8) is 0 Å². The zero-order valence-corrected chi connectivity index (χ0v) is 20.3. The molecule has 1 aromatic carbocycles. The highest BCUT2D eigenvalue weighted by molar-refractivity contribution is 7.91. The summed E-state index contributed by atoms with van der Waals surface area (Å²) in [5.41, 5.74) is 4.93. The zero-order chi connectivity index (χ0) is 22.9. The van der Waals surface area contributed by atoms with Gasteiger partial charge in [-0.3, -0.25) is 9.59 Å². The molecule has 6 rings (SSSR count). The highest BCUT2D eigenvalue weighted by Crippen LogP contribution is 2.63. The Morgan fingerprint density at radius 3 is 2.12 bits per heavy atom. The first kappa shape index (κ1) is 22.7. The fourth-order valence-corrected chi connectivity index (χ4v) is 9.33. The number of ketones is 1. The molecule has 2 N–H and O–H groups in total. The molecule has 5 nitrogen and oxygen atoms in total. The second-order valence-electron chi connectivity index (χ2n) is 10.9. The molecule has 0 heterocycles. The summed E-state index contributed by atoms with van der Waals surface area (Å²) >= 11 is 11.9. The molecule has 32 heavy (non-hydrogen) atoms. The van der Waals surface area contributed by atoms with E-state index < -0.39 is 15.3 Å². The van der Waals surface area contributed by atoms with E-state index in [0.717, 1.165) is 44.9 Å². The average molecular weight is 498 g/mol. The molecule has 0 saturated heterocycles. The Kier molecular flexibility index (Phi) is 5.46. The van der Waals surface area contributed by atoms with Crippen molar-refractivity contribution >= 4 is 44.7 Å². The Morgan fingerprint density at radius 2 is 1.59 bits per heavy atom. The number of halogens is 2. The van der Waals surface area contributed by atoms with E-state index in [4.69, 9.17) is 28.9 Å². The molecule has 0 aliphatic heterocycles. The second kappa shape index (κ2) is 7.71. The molecule has 0 aromatic heterocycles. The number of carbonyl (C=O) groups is 2. The Bertz CT molecular complexity index is 1050. The van der Waals surface area contributed by atoms with Crippen LogP contribution in [0, 0.1) is 34.5 Å². The van der Waals surface area contributed by atoms with Gasteiger partial charge in [0.25, 0.3) is 0 Å². The summed E-state index contributed by atoms with van der Waals surface area (Å²) in [7, 11) is -3.57. The molecule has 2 atom stereocenters. The van der Waals surface area contributed by atoms with Gasteiger partial charge in [0.1, 0.15) is 5.78 Å². The van der Waals surface area contributed by atoms with E-state index >= 15 is 0 Å². The van der Waals surface area contributed by atoms with Crippen molar-refractivity contribution in [2.75, 3.05) is 5.75 Å². The fraction of sp³-hybridized carbons (Fsp3) is 0.667. The number of carbonyl (C=O) groups excluding carboxylic acids is 2. The number of rotatable bonds is 8. The quantitative estimate of drug-likeness (QED) is 0.556. The summed E-state index contributed by atoms with van der Waals surface area (Å²) in [6, 6.07) is 4.32. The van der Waals surface area contributed by atoms with E-state index in [0.29, 0.717) is 36.5 Å². The van der Waals surface area contributed by atoms with E-state index in [2.05, 4.69) is 0 Å². The van der Waals surface area contributed by atoms with Gasteiger partial charge in [0.15, 0.2) is 9.84 Å². The molecule has 4 bridgehead atoms. The molecular weight excluding hydrogens is 469 g/mol. The molecule has 2 unspecified atom stereocenters. The van der Waals surface area contributed by atoms with E-state index in [1.54, 1.807) is 0 Å². The van der Waals surface area contributed by atoms with Crippen LogP contribution in [-0.2, 0) is 19.4 Å². The van der Waals surface area contributed by atoms with Gasteiger partial charge in [0, 0.05) is 27.3 Å². The van der Waals surface area contributed by atoms with Crippen LogP contribution in [0.1, 0.15) is 57.8 Å². The molecule has 1 aromatic rings.